The fourth-order valence-corrected chi connectivity index (χ4v) is 13.4. The van der Waals surface area contributed by atoms with Crippen LogP contribution in [0.15, 0.2) is 0 Å². The Kier molecular flexibility index (Phi) is 65.9. The minimum Gasteiger partial charge on any atom is -0.462 e. The molecule has 0 rings (SSSR count). The van der Waals surface area contributed by atoms with Gasteiger partial charge < -0.3 is 33.8 Å². The van der Waals surface area contributed by atoms with Crippen molar-refractivity contribution in [1.82, 2.24) is 0 Å². The number of aliphatic hydroxyl groups excluding tert-OH is 1. The number of phosphoric acid groups is 2. The van der Waals surface area contributed by atoms with E-state index < -0.39 is 97.5 Å². The van der Waals surface area contributed by atoms with Crippen molar-refractivity contribution in [2.24, 2.45) is 23.7 Å². The Hall–Kier alpha value is -1.94. The highest BCUT2D eigenvalue weighted by atomic mass is 31.2. The van der Waals surface area contributed by atoms with E-state index in [0.29, 0.717) is 31.6 Å². The van der Waals surface area contributed by atoms with Crippen LogP contribution in [0.1, 0.15) is 396 Å². The van der Waals surface area contributed by atoms with E-state index >= 15 is 0 Å². The number of unbranched alkanes of at least 4 members (excludes halogenated alkanes) is 39. The number of hydrogen-bond donors (Lipinski definition) is 3. The average molecular weight is 1420 g/mol. The molecule has 0 aliphatic heterocycles. The first-order valence-corrected chi connectivity index (χ1v) is 43.3. The number of carbonyl (C=O) groups is 4. The summed E-state index contributed by atoms with van der Waals surface area (Å²) in [7, 11) is -9.91. The van der Waals surface area contributed by atoms with Gasteiger partial charge in [-0.3, -0.25) is 37.3 Å². The van der Waals surface area contributed by atoms with E-state index in [4.69, 9.17) is 37.0 Å². The molecule has 0 saturated heterocycles. The molecule has 0 fully saturated rings. The van der Waals surface area contributed by atoms with Gasteiger partial charge in [0, 0.05) is 25.7 Å². The van der Waals surface area contributed by atoms with Crippen molar-refractivity contribution >= 4 is 39.5 Å². The van der Waals surface area contributed by atoms with Gasteiger partial charge in [0.25, 0.3) is 0 Å². The number of carbonyl (C=O) groups excluding carboxylic acids is 4. The second-order valence-electron chi connectivity index (χ2n) is 29.5. The van der Waals surface area contributed by atoms with Crippen LogP contribution in [0.25, 0.3) is 0 Å². The Morgan fingerprint density at radius 3 is 0.732 bits per heavy atom. The molecule has 0 aromatic carbocycles. The highest BCUT2D eigenvalue weighted by Crippen LogP contribution is 2.45. The lowest BCUT2D eigenvalue weighted by molar-refractivity contribution is -0.161. The van der Waals surface area contributed by atoms with Gasteiger partial charge in [0.2, 0.25) is 0 Å². The minimum absolute atomic E-state index is 0.104. The van der Waals surface area contributed by atoms with Gasteiger partial charge in [-0.05, 0) is 49.4 Å². The van der Waals surface area contributed by atoms with Gasteiger partial charge in [-0.15, -0.1) is 0 Å². The fourth-order valence-electron chi connectivity index (χ4n) is 11.8. The number of aliphatic hydroxyl groups is 1. The molecule has 4 unspecified atom stereocenters. The van der Waals surface area contributed by atoms with Crippen LogP contribution in [-0.4, -0.2) is 96.7 Å². The molecule has 7 atom stereocenters. The normalized spacial score (nSPS) is 14.6. The Morgan fingerprint density at radius 1 is 0.289 bits per heavy atom. The zero-order valence-corrected chi connectivity index (χ0v) is 65.5. The van der Waals surface area contributed by atoms with Crippen molar-refractivity contribution in [3.8, 4) is 0 Å². The van der Waals surface area contributed by atoms with Crippen LogP contribution < -0.4 is 0 Å². The van der Waals surface area contributed by atoms with Gasteiger partial charge in [0.1, 0.15) is 19.3 Å². The molecule has 17 nitrogen and oxygen atoms in total. The first-order valence-electron chi connectivity index (χ1n) is 40.3. The van der Waals surface area contributed by atoms with E-state index in [0.717, 1.165) is 114 Å². The summed E-state index contributed by atoms with van der Waals surface area (Å²) in [5, 5.41) is 10.6. The van der Waals surface area contributed by atoms with Crippen molar-refractivity contribution < 1.29 is 80.2 Å². The molecule has 19 heteroatoms. The third kappa shape index (κ3) is 69.5. The van der Waals surface area contributed by atoms with Crippen molar-refractivity contribution in [2.45, 2.75) is 414 Å². The topological polar surface area (TPSA) is 237 Å². The van der Waals surface area contributed by atoms with E-state index in [1.54, 1.807) is 0 Å². The smallest absolute Gasteiger partial charge is 0.462 e. The van der Waals surface area contributed by atoms with Gasteiger partial charge in [0.05, 0.1) is 26.4 Å². The molecule has 0 bridgehead atoms. The molecule has 0 aliphatic rings. The number of esters is 4. The Labute approximate surface area is 594 Å². The highest BCUT2D eigenvalue weighted by molar-refractivity contribution is 7.47. The Balaban J connectivity index is 5.20. The molecule has 3 N–H and O–H groups in total. The monoisotopic (exact) mass is 1420 g/mol. The zero-order valence-electron chi connectivity index (χ0n) is 63.7. The third-order valence-electron chi connectivity index (χ3n) is 18.8. The van der Waals surface area contributed by atoms with Gasteiger partial charge >= 0.3 is 39.5 Å². The molecule has 0 radical (unpaired) electrons. The first kappa shape index (κ1) is 95.1. The summed E-state index contributed by atoms with van der Waals surface area (Å²) >= 11 is 0. The van der Waals surface area contributed by atoms with Crippen molar-refractivity contribution in [3.05, 3.63) is 0 Å². The summed E-state index contributed by atoms with van der Waals surface area (Å²) in [4.78, 5) is 72.8. The maximum atomic E-state index is 13.1. The second kappa shape index (κ2) is 67.2. The molecular formula is C78H152O17P2. The zero-order chi connectivity index (χ0) is 71.7. The lowest BCUT2D eigenvalue weighted by Gasteiger charge is -2.21. The number of rotatable bonds is 75. The predicted octanol–water partition coefficient (Wildman–Crippen LogP) is 22.8. The van der Waals surface area contributed by atoms with Gasteiger partial charge in [-0.2, -0.15) is 0 Å². The van der Waals surface area contributed by atoms with Crippen molar-refractivity contribution in [1.29, 1.82) is 0 Å². The maximum absolute atomic E-state index is 13.1. The molecule has 0 aromatic heterocycles. The standard InChI is InChI=1S/C78H152O17P2/c1-9-70(7)56-48-40-31-25-19-17-15-13-11-12-14-16-18-20-28-34-44-52-60-77(82)94-73(64-88-75(80)58-50-42-33-27-22-21-26-32-41-49-57-71(8)10-2)66-92-96(84,85)90-62-72(79)63-91-97(86,87)93-67-74(65-89-76(81)59-51-43-37-36-39-47-55-69(5)6)95-78(83)61-53-45-35-29-23-24-30-38-46-54-68(3)4/h68-74,79H,9-67H2,1-8H3,(H,84,85)(H,86,87)/t70?,71?,72-,73-,74-/m1/s1. The molecule has 0 aliphatic carbocycles. The SMILES string of the molecule is CCC(C)CCCCCCCCCCCCCCCCCCCCC(=O)O[C@H](COC(=O)CCCCCCCCCCCCC(C)CC)COP(=O)(O)OC[C@@H](O)COP(=O)(O)OC[C@@H](COC(=O)CCCCCCCCC(C)C)OC(=O)CCCCCCCCCCCC(C)C. The fraction of sp³-hybridized carbons (Fsp3) is 0.949. The molecule has 0 saturated carbocycles. The van der Waals surface area contributed by atoms with Crippen LogP contribution in [0, 0.1) is 23.7 Å². The summed E-state index contributed by atoms with van der Waals surface area (Å²) < 4.78 is 68.5. The molecule has 0 heterocycles. The maximum Gasteiger partial charge on any atom is 0.472 e. The quantitative estimate of drug-likeness (QED) is 0.0222. The lowest BCUT2D eigenvalue weighted by Crippen LogP contribution is -2.30. The third-order valence-corrected chi connectivity index (χ3v) is 20.7. The summed E-state index contributed by atoms with van der Waals surface area (Å²) in [6.45, 7) is 14.2. The van der Waals surface area contributed by atoms with E-state index in [1.165, 1.54) is 193 Å². The summed E-state index contributed by atoms with van der Waals surface area (Å²) in [5.74, 6) is 0.975. The molecule has 0 aromatic rings. The Morgan fingerprint density at radius 2 is 0.495 bits per heavy atom. The molecule has 0 amide bonds. The second-order valence-corrected chi connectivity index (χ2v) is 32.4. The number of phosphoric ester groups is 2. The summed E-state index contributed by atoms with van der Waals surface area (Å²) in [6.07, 6.45) is 52.9. The van der Waals surface area contributed by atoms with E-state index in [1.807, 2.05) is 0 Å². The van der Waals surface area contributed by atoms with E-state index in [-0.39, 0.29) is 25.7 Å². The largest absolute Gasteiger partial charge is 0.472 e. The minimum atomic E-state index is -4.96. The molecule has 576 valence electrons. The van der Waals surface area contributed by atoms with Crippen LogP contribution in [0.3, 0.4) is 0 Å². The van der Waals surface area contributed by atoms with E-state index in [2.05, 4.69) is 55.4 Å². The number of hydrogen-bond acceptors (Lipinski definition) is 15. The lowest BCUT2D eigenvalue weighted by atomic mass is 9.99. The van der Waals surface area contributed by atoms with E-state index in [9.17, 15) is 43.2 Å². The molecule has 0 spiro atoms. The summed E-state index contributed by atoms with van der Waals surface area (Å²) in [6, 6.07) is 0. The molecule has 97 heavy (non-hydrogen) atoms. The van der Waals surface area contributed by atoms with Crippen LogP contribution in [0.2, 0.25) is 0 Å². The molecular weight excluding hydrogens is 1270 g/mol. The van der Waals surface area contributed by atoms with Crippen LogP contribution in [0.5, 0.6) is 0 Å². The summed E-state index contributed by atoms with van der Waals surface area (Å²) in [5.41, 5.74) is 0. The van der Waals surface area contributed by atoms with Gasteiger partial charge in [0.15, 0.2) is 12.2 Å². The van der Waals surface area contributed by atoms with Crippen LogP contribution in [-0.2, 0) is 65.4 Å². The predicted molar refractivity (Wildman–Crippen MR) is 395 cm³/mol. The Bertz CT molecular complexity index is 1910. The highest BCUT2D eigenvalue weighted by Gasteiger charge is 2.30. The van der Waals surface area contributed by atoms with Crippen molar-refractivity contribution in [2.75, 3.05) is 39.6 Å². The first-order chi connectivity index (χ1) is 46.7. The van der Waals surface area contributed by atoms with Crippen molar-refractivity contribution in [3.63, 3.8) is 0 Å². The van der Waals surface area contributed by atoms with Crippen LogP contribution in [0.4, 0.5) is 0 Å². The average Bonchev–Trinajstić information content (AvgIpc) is 1.77. The van der Waals surface area contributed by atoms with Crippen LogP contribution >= 0.6 is 15.6 Å². The van der Waals surface area contributed by atoms with Gasteiger partial charge in [-0.25, -0.2) is 9.13 Å². The van der Waals surface area contributed by atoms with Gasteiger partial charge in [-0.1, -0.05) is 344 Å². The number of ether oxygens (including phenoxy) is 4.